The van der Waals surface area contributed by atoms with Crippen LogP contribution >= 0.6 is 11.5 Å². The molecular formula is C19H18N6O2S. The van der Waals surface area contributed by atoms with Gasteiger partial charge in [0, 0.05) is 24.6 Å². The van der Waals surface area contributed by atoms with Gasteiger partial charge in [0.1, 0.15) is 10.7 Å². The topological polar surface area (TPSA) is 106 Å². The molecule has 0 saturated heterocycles. The Kier molecular flexibility index (Phi) is 5.09. The van der Waals surface area contributed by atoms with E-state index in [0.717, 1.165) is 22.2 Å². The highest BCUT2D eigenvalue weighted by molar-refractivity contribution is 7.10. The highest BCUT2D eigenvalue weighted by Gasteiger charge is 2.21. The largest absolute Gasteiger partial charge is 0.396 e. The molecule has 1 aromatic carbocycles. The number of anilines is 1. The quantitative estimate of drug-likeness (QED) is 0.520. The number of hydrogen-bond acceptors (Lipinski definition) is 7. The van der Waals surface area contributed by atoms with Crippen molar-refractivity contribution in [3.8, 4) is 0 Å². The van der Waals surface area contributed by atoms with Crippen LogP contribution in [0.1, 0.15) is 27.4 Å². The molecule has 3 aromatic heterocycles. The monoisotopic (exact) mass is 394 g/mol. The van der Waals surface area contributed by atoms with E-state index in [2.05, 4.69) is 25.0 Å². The Labute approximate surface area is 165 Å². The van der Waals surface area contributed by atoms with Crippen molar-refractivity contribution in [1.82, 2.24) is 24.4 Å². The molecule has 0 aliphatic rings. The Hall–Kier alpha value is -3.17. The van der Waals surface area contributed by atoms with Gasteiger partial charge in [0.25, 0.3) is 5.91 Å². The summed E-state index contributed by atoms with van der Waals surface area (Å²) in [6, 6.07) is 11.6. The van der Waals surface area contributed by atoms with Gasteiger partial charge in [0.15, 0.2) is 0 Å². The fraction of sp³-hybridized carbons (Fsp3) is 0.211. The first-order chi connectivity index (χ1) is 13.6. The van der Waals surface area contributed by atoms with E-state index < -0.39 is 0 Å². The number of aliphatic hydroxyl groups excluding tert-OH is 1. The molecule has 3 heterocycles. The summed E-state index contributed by atoms with van der Waals surface area (Å²) in [4.78, 5) is 17.2. The zero-order chi connectivity index (χ0) is 19.5. The second kappa shape index (κ2) is 7.83. The molecule has 1 amide bonds. The number of nitrogens with zero attached hydrogens (tertiary/aromatic N) is 5. The van der Waals surface area contributed by atoms with Crippen molar-refractivity contribution in [2.45, 2.75) is 19.9 Å². The summed E-state index contributed by atoms with van der Waals surface area (Å²) in [5.74, 6) is -0.320. The van der Waals surface area contributed by atoms with Gasteiger partial charge in [-0.05, 0) is 48.3 Å². The fourth-order valence-electron chi connectivity index (χ4n) is 2.97. The lowest BCUT2D eigenvalue weighted by atomic mass is 10.1. The van der Waals surface area contributed by atoms with Crippen LogP contribution in [0.15, 0.2) is 42.6 Å². The number of benzene rings is 1. The van der Waals surface area contributed by atoms with Gasteiger partial charge >= 0.3 is 0 Å². The number of aromatic nitrogens is 5. The van der Waals surface area contributed by atoms with Crippen LogP contribution in [0.5, 0.6) is 0 Å². The predicted molar refractivity (Wildman–Crippen MR) is 106 cm³/mol. The number of fused-ring (bicyclic) bond motifs is 1. The molecule has 0 aliphatic heterocycles. The first kappa shape index (κ1) is 18.2. The Morgan fingerprint density at radius 3 is 2.96 bits per heavy atom. The molecule has 4 aromatic rings. The van der Waals surface area contributed by atoms with Gasteiger partial charge < -0.3 is 10.4 Å². The maximum Gasteiger partial charge on any atom is 0.276 e. The number of carbonyl (C=O) groups is 1. The number of hydrogen-bond donors (Lipinski definition) is 2. The molecule has 9 heteroatoms. The van der Waals surface area contributed by atoms with E-state index in [1.54, 1.807) is 16.9 Å². The van der Waals surface area contributed by atoms with Gasteiger partial charge in [-0.25, -0.2) is 4.68 Å². The summed E-state index contributed by atoms with van der Waals surface area (Å²) < 4.78 is 5.73. The molecule has 4 rings (SSSR count). The third kappa shape index (κ3) is 3.75. The van der Waals surface area contributed by atoms with Crippen LogP contribution in [-0.4, -0.2) is 42.0 Å². The first-order valence-corrected chi connectivity index (χ1v) is 9.53. The zero-order valence-electron chi connectivity index (χ0n) is 15.2. The van der Waals surface area contributed by atoms with Crippen molar-refractivity contribution in [2.24, 2.45) is 0 Å². The minimum atomic E-state index is -0.320. The lowest BCUT2D eigenvalue weighted by Crippen LogP contribution is -2.20. The Balaban J connectivity index is 1.65. The van der Waals surface area contributed by atoms with Crippen molar-refractivity contribution >= 4 is 33.3 Å². The number of pyridine rings is 1. The Morgan fingerprint density at radius 1 is 1.29 bits per heavy atom. The lowest BCUT2D eigenvalue weighted by Gasteiger charge is -2.08. The van der Waals surface area contributed by atoms with E-state index in [4.69, 9.17) is 0 Å². The number of aliphatic hydroxyl groups is 1. The van der Waals surface area contributed by atoms with Gasteiger partial charge in [-0.2, -0.15) is 4.37 Å². The first-order valence-electron chi connectivity index (χ1n) is 8.75. The third-order valence-electron chi connectivity index (χ3n) is 4.23. The van der Waals surface area contributed by atoms with Crippen molar-refractivity contribution in [1.29, 1.82) is 0 Å². The average Bonchev–Trinajstić information content (AvgIpc) is 3.28. The SMILES string of the molecule is Cc1cc(NC(=O)c2c(CCO)nnn2Cc2ccc3ncccc3c2)sn1. The molecule has 0 atom stereocenters. The van der Waals surface area contributed by atoms with Crippen LogP contribution in [0.25, 0.3) is 10.9 Å². The maximum absolute atomic E-state index is 12.9. The van der Waals surface area contributed by atoms with E-state index in [1.807, 2.05) is 37.3 Å². The van der Waals surface area contributed by atoms with E-state index in [9.17, 15) is 9.90 Å². The standard InChI is InChI=1S/C19H18N6O2S/c1-12-9-17(28-23-12)21-19(27)18-16(6-8-26)22-24-25(18)11-13-4-5-15-14(10-13)3-2-7-20-15/h2-5,7,9-10,26H,6,8,11H2,1H3,(H,21,27). The number of carbonyl (C=O) groups excluding carboxylic acids is 1. The molecule has 0 unspecified atom stereocenters. The summed E-state index contributed by atoms with van der Waals surface area (Å²) in [6.45, 7) is 2.14. The van der Waals surface area contributed by atoms with Crippen LogP contribution in [0.2, 0.25) is 0 Å². The number of rotatable bonds is 6. The lowest BCUT2D eigenvalue weighted by molar-refractivity contribution is 0.101. The van der Waals surface area contributed by atoms with Crippen LogP contribution < -0.4 is 5.32 Å². The molecule has 8 nitrogen and oxygen atoms in total. The fourth-order valence-corrected chi connectivity index (χ4v) is 3.63. The normalized spacial score (nSPS) is 11.1. The molecule has 142 valence electrons. The Morgan fingerprint density at radius 2 is 2.18 bits per heavy atom. The van der Waals surface area contributed by atoms with E-state index in [-0.39, 0.29) is 18.9 Å². The molecular weight excluding hydrogens is 376 g/mol. The average molecular weight is 394 g/mol. The van der Waals surface area contributed by atoms with Crippen molar-refractivity contribution in [2.75, 3.05) is 11.9 Å². The minimum Gasteiger partial charge on any atom is -0.396 e. The van der Waals surface area contributed by atoms with Gasteiger partial charge in [-0.1, -0.05) is 17.3 Å². The van der Waals surface area contributed by atoms with Crippen LogP contribution in [0, 0.1) is 6.92 Å². The molecule has 0 aliphatic carbocycles. The van der Waals surface area contributed by atoms with Crippen LogP contribution in [0.4, 0.5) is 5.00 Å². The number of aryl methyl sites for hydroxylation is 1. The maximum atomic E-state index is 12.9. The van der Waals surface area contributed by atoms with E-state index in [0.29, 0.717) is 22.9 Å². The molecule has 0 radical (unpaired) electrons. The molecule has 0 fully saturated rings. The van der Waals surface area contributed by atoms with Gasteiger partial charge in [0.05, 0.1) is 23.4 Å². The highest BCUT2D eigenvalue weighted by Crippen LogP contribution is 2.19. The van der Waals surface area contributed by atoms with Crippen molar-refractivity contribution < 1.29 is 9.90 Å². The van der Waals surface area contributed by atoms with Crippen molar-refractivity contribution in [3.05, 3.63) is 65.2 Å². The second-order valence-electron chi connectivity index (χ2n) is 6.33. The second-order valence-corrected chi connectivity index (χ2v) is 7.14. The third-order valence-corrected chi connectivity index (χ3v) is 5.03. The smallest absolute Gasteiger partial charge is 0.276 e. The summed E-state index contributed by atoms with van der Waals surface area (Å²) in [7, 11) is 0. The van der Waals surface area contributed by atoms with Crippen LogP contribution in [0.3, 0.4) is 0 Å². The predicted octanol–water partition coefficient (Wildman–Crippen LogP) is 2.43. The zero-order valence-corrected chi connectivity index (χ0v) is 16.0. The molecule has 0 saturated carbocycles. The van der Waals surface area contributed by atoms with Gasteiger partial charge in [-0.3, -0.25) is 9.78 Å². The van der Waals surface area contributed by atoms with E-state index >= 15 is 0 Å². The van der Waals surface area contributed by atoms with Crippen LogP contribution in [-0.2, 0) is 13.0 Å². The molecule has 0 bridgehead atoms. The number of nitrogens with one attached hydrogen (secondary N) is 1. The summed E-state index contributed by atoms with van der Waals surface area (Å²) in [5.41, 5.74) is 3.52. The Bertz CT molecular complexity index is 1140. The summed E-state index contributed by atoms with van der Waals surface area (Å²) in [5, 5.41) is 22.1. The minimum absolute atomic E-state index is 0.111. The van der Waals surface area contributed by atoms with Gasteiger partial charge in [0.2, 0.25) is 0 Å². The summed E-state index contributed by atoms with van der Waals surface area (Å²) in [6.07, 6.45) is 2.01. The molecule has 0 spiro atoms. The molecule has 28 heavy (non-hydrogen) atoms. The van der Waals surface area contributed by atoms with Crippen molar-refractivity contribution in [3.63, 3.8) is 0 Å². The summed E-state index contributed by atoms with van der Waals surface area (Å²) >= 11 is 1.22. The number of amides is 1. The van der Waals surface area contributed by atoms with E-state index in [1.165, 1.54) is 11.5 Å². The van der Waals surface area contributed by atoms with Gasteiger partial charge in [-0.15, -0.1) is 5.10 Å². The molecule has 2 N–H and O–H groups in total. The highest BCUT2D eigenvalue weighted by atomic mass is 32.1.